The third kappa shape index (κ3) is 2.19. The molecule has 11 heavy (non-hydrogen) atoms. The lowest BCUT2D eigenvalue weighted by Gasteiger charge is -2.31. The lowest BCUT2D eigenvalue weighted by atomic mass is 9.73. The number of methoxy groups -OCH3 is 1. The van der Waals surface area contributed by atoms with Crippen LogP contribution in [0.15, 0.2) is 0 Å². The van der Waals surface area contributed by atoms with Gasteiger partial charge in [0.2, 0.25) is 0 Å². The number of ether oxygens (including phenoxy) is 1. The van der Waals surface area contributed by atoms with Crippen molar-refractivity contribution in [2.24, 2.45) is 11.8 Å². The van der Waals surface area contributed by atoms with Gasteiger partial charge < -0.3 is 9.84 Å². The fraction of sp³-hybridized carbons (Fsp3) is 0.875. The van der Waals surface area contributed by atoms with Gasteiger partial charge in [-0.1, -0.05) is 0 Å². The van der Waals surface area contributed by atoms with E-state index in [9.17, 15) is 4.79 Å². The maximum atomic E-state index is 10.4. The Morgan fingerprint density at radius 1 is 1.64 bits per heavy atom. The number of carboxylic acid groups (broad SMARTS) is 1. The van der Waals surface area contributed by atoms with Crippen molar-refractivity contribution in [3.63, 3.8) is 0 Å². The highest BCUT2D eigenvalue weighted by Gasteiger charge is 2.33. The number of carbonyl (C=O) groups is 1. The molecular formula is C8H14O3. The SMILES string of the molecule is COCCC1CC(C(=O)O)C1. The van der Waals surface area contributed by atoms with Crippen LogP contribution in [-0.4, -0.2) is 24.8 Å². The van der Waals surface area contributed by atoms with Crippen molar-refractivity contribution in [1.82, 2.24) is 0 Å². The van der Waals surface area contributed by atoms with E-state index in [2.05, 4.69) is 0 Å². The fourth-order valence-corrected chi connectivity index (χ4v) is 1.46. The topological polar surface area (TPSA) is 46.5 Å². The lowest BCUT2D eigenvalue weighted by molar-refractivity contribution is -0.146. The van der Waals surface area contributed by atoms with E-state index in [0.29, 0.717) is 5.92 Å². The Bertz CT molecular complexity index is 138. The van der Waals surface area contributed by atoms with Gasteiger partial charge in [0, 0.05) is 13.7 Å². The molecule has 1 fully saturated rings. The van der Waals surface area contributed by atoms with Gasteiger partial charge in [0.15, 0.2) is 0 Å². The predicted molar refractivity (Wildman–Crippen MR) is 40.3 cm³/mol. The van der Waals surface area contributed by atoms with Gasteiger partial charge in [0.1, 0.15) is 0 Å². The molecule has 0 atom stereocenters. The number of rotatable bonds is 4. The van der Waals surface area contributed by atoms with Gasteiger partial charge >= 0.3 is 5.97 Å². The van der Waals surface area contributed by atoms with E-state index >= 15 is 0 Å². The van der Waals surface area contributed by atoms with Gasteiger partial charge in [-0.15, -0.1) is 0 Å². The largest absolute Gasteiger partial charge is 0.481 e. The van der Waals surface area contributed by atoms with Crippen molar-refractivity contribution in [3.8, 4) is 0 Å². The zero-order valence-corrected chi connectivity index (χ0v) is 6.75. The summed E-state index contributed by atoms with van der Waals surface area (Å²) >= 11 is 0. The summed E-state index contributed by atoms with van der Waals surface area (Å²) in [6, 6.07) is 0. The highest BCUT2D eigenvalue weighted by molar-refractivity contribution is 5.71. The summed E-state index contributed by atoms with van der Waals surface area (Å²) in [5.41, 5.74) is 0. The second-order valence-corrected chi connectivity index (χ2v) is 3.15. The minimum atomic E-state index is -0.640. The van der Waals surface area contributed by atoms with Gasteiger partial charge in [-0.2, -0.15) is 0 Å². The van der Waals surface area contributed by atoms with Crippen LogP contribution in [0.1, 0.15) is 19.3 Å². The molecule has 0 amide bonds. The van der Waals surface area contributed by atoms with Crippen LogP contribution in [0, 0.1) is 11.8 Å². The van der Waals surface area contributed by atoms with Crippen LogP contribution in [0.3, 0.4) is 0 Å². The first-order valence-corrected chi connectivity index (χ1v) is 3.95. The van der Waals surface area contributed by atoms with Crippen molar-refractivity contribution in [2.45, 2.75) is 19.3 Å². The molecule has 1 aliphatic rings. The van der Waals surface area contributed by atoms with Crippen LogP contribution in [0.5, 0.6) is 0 Å². The molecule has 1 rings (SSSR count). The average Bonchev–Trinajstić information content (AvgIpc) is 1.84. The fourth-order valence-electron chi connectivity index (χ4n) is 1.46. The molecule has 0 heterocycles. The van der Waals surface area contributed by atoms with Crippen LogP contribution in [-0.2, 0) is 9.53 Å². The van der Waals surface area contributed by atoms with E-state index in [1.54, 1.807) is 7.11 Å². The van der Waals surface area contributed by atoms with Crippen molar-refractivity contribution in [2.75, 3.05) is 13.7 Å². The van der Waals surface area contributed by atoms with Crippen molar-refractivity contribution < 1.29 is 14.6 Å². The molecule has 3 nitrogen and oxygen atoms in total. The standard InChI is InChI=1S/C8H14O3/c1-11-3-2-6-4-7(5-6)8(9)10/h6-7H,2-5H2,1H3,(H,9,10). The third-order valence-electron chi connectivity index (χ3n) is 2.32. The number of hydrogen-bond acceptors (Lipinski definition) is 2. The molecule has 0 aromatic carbocycles. The van der Waals surface area contributed by atoms with Gasteiger partial charge in [0.05, 0.1) is 5.92 Å². The van der Waals surface area contributed by atoms with Crippen LogP contribution in [0.25, 0.3) is 0 Å². The molecule has 0 aromatic rings. The van der Waals surface area contributed by atoms with Gasteiger partial charge in [-0.05, 0) is 25.2 Å². The smallest absolute Gasteiger partial charge is 0.306 e. The maximum absolute atomic E-state index is 10.4. The van der Waals surface area contributed by atoms with E-state index in [4.69, 9.17) is 9.84 Å². The van der Waals surface area contributed by atoms with E-state index in [0.717, 1.165) is 25.9 Å². The molecule has 0 aromatic heterocycles. The molecule has 1 aliphatic carbocycles. The highest BCUT2D eigenvalue weighted by atomic mass is 16.5. The van der Waals surface area contributed by atoms with Gasteiger partial charge in [-0.3, -0.25) is 4.79 Å². The molecule has 0 saturated heterocycles. The molecule has 64 valence electrons. The van der Waals surface area contributed by atoms with E-state index in [1.165, 1.54) is 0 Å². The molecule has 0 spiro atoms. The van der Waals surface area contributed by atoms with E-state index in [-0.39, 0.29) is 5.92 Å². The van der Waals surface area contributed by atoms with Crippen molar-refractivity contribution in [3.05, 3.63) is 0 Å². The summed E-state index contributed by atoms with van der Waals surface area (Å²) in [5.74, 6) is -0.119. The Hall–Kier alpha value is -0.570. The molecule has 3 heteroatoms. The molecule has 0 aliphatic heterocycles. The Morgan fingerprint density at radius 2 is 2.27 bits per heavy atom. The first-order chi connectivity index (χ1) is 5.24. The molecule has 0 radical (unpaired) electrons. The van der Waals surface area contributed by atoms with Crippen LogP contribution in [0.4, 0.5) is 0 Å². The molecule has 0 bridgehead atoms. The minimum Gasteiger partial charge on any atom is -0.481 e. The molecule has 1 N–H and O–H groups in total. The second kappa shape index (κ2) is 3.72. The molecule has 0 unspecified atom stereocenters. The first-order valence-electron chi connectivity index (χ1n) is 3.95. The maximum Gasteiger partial charge on any atom is 0.306 e. The summed E-state index contributed by atoms with van der Waals surface area (Å²) in [6.07, 6.45) is 2.71. The molecular weight excluding hydrogens is 144 g/mol. The van der Waals surface area contributed by atoms with Crippen molar-refractivity contribution in [1.29, 1.82) is 0 Å². The predicted octanol–water partition coefficient (Wildman–Crippen LogP) is 1.13. The Balaban J connectivity index is 2.05. The summed E-state index contributed by atoms with van der Waals surface area (Å²) < 4.78 is 4.90. The van der Waals surface area contributed by atoms with Crippen LogP contribution < -0.4 is 0 Å². The number of aliphatic carboxylic acids is 1. The summed E-state index contributed by atoms with van der Waals surface area (Å²) in [7, 11) is 1.67. The van der Waals surface area contributed by atoms with Gasteiger partial charge in [-0.25, -0.2) is 0 Å². The monoisotopic (exact) mass is 158 g/mol. The normalized spacial score (nSPS) is 29.5. The quantitative estimate of drug-likeness (QED) is 0.667. The summed E-state index contributed by atoms with van der Waals surface area (Å²) in [6.45, 7) is 0.761. The lowest BCUT2D eigenvalue weighted by Crippen LogP contribution is -2.30. The second-order valence-electron chi connectivity index (χ2n) is 3.15. The summed E-state index contributed by atoms with van der Waals surface area (Å²) in [4.78, 5) is 10.4. The highest BCUT2D eigenvalue weighted by Crippen LogP contribution is 2.35. The Morgan fingerprint density at radius 3 is 2.73 bits per heavy atom. The van der Waals surface area contributed by atoms with Gasteiger partial charge in [0.25, 0.3) is 0 Å². The number of carboxylic acids is 1. The average molecular weight is 158 g/mol. The third-order valence-corrected chi connectivity index (χ3v) is 2.32. The van der Waals surface area contributed by atoms with Crippen LogP contribution in [0.2, 0.25) is 0 Å². The zero-order valence-electron chi connectivity index (χ0n) is 6.75. The molecule has 1 saturated carbocycles. The Labute approximate surface area is 66.4 Å². The Kier molecular flexibility index (Phi) is 2.88. The summed E-state index contributed by atoms with van der Waals surface area (Å²) in [5, 5.41) is 8.55. The van der Waals surface area contributed by atoms with E-state index < -0.39 is 5.97 Å². The number of hydrogen-bond donors (Lipinski definition) is 1. The van der Waals surface area contributed by atoms with Crippen LogP contribution >= 0.6 is 0 Å². The van der Waals surface area contributed by atoms with E-state index in [1.807, 2.05) is 0 Å². The first kappa shape index (κ1) is 8.53. The minimum absolute atomic E-state index is 0.0724. The zero-order chi connectivity index (χ0) is 8.27. The van der Waals surface area contributed by atoms with Crippen molar-refractivity contribution >= 4 is 5.97 Å².